The molecule has 184 valence electrons. The van der Waals surface area contributed by atoms with Crippen LogP contribution in [0.15, 0.2) is 91.0 Å². The molecule has 0 saturated heterocycles. The van der Waals surface area contributed by atoms with E-state index >= 15 is 0 Å². The molecule has 0 spiro atoms. The standard InChI is InChI=1S/C31H30O5/c1-32-29-19-26(20-30(33-2)31(29)34-3)15-14-23-16-17-27(35-21-24-10-6-4-7-11-24)28(18-23)36-22-25-12-8-5-9-13-25/h4-20H,21-22H2,1-3H3/b15-14+. The first-order valence-electron chi connectivity index (χ1n) is 11.7. The summed E-state index contributed by atoms with van der Waals surface area (Å²) >= 11 is 0. The van der Waals surface area contributed by atoms with Crippen LogP contribution in [-0.4, -0.2) is 21.3 Å². The Labute approximate surface area is 212 Å². The molecule has 0 radical (unpaired) electrons. The van der Waals surface area contributed by atoms with Crippen LogP contribution in [-0.2, 0) is 13.2 Å². The predicted molar refractivity (Wildman–Crippen MR) is 143 cm³/mol. The molecule has 0 heterocycles. The molecule has 0 saturated carbocycles. The number of hydrogen-bond donors (Lipinski definition) is 0. The minimum atomic E-state index is 0.447. The Balaban J connectivity index is 1.58. The van der Waals surface area contributed by atoms with Gasteiger partial charge in [-0.15, -0.1) is 0 Å². The van der Waals surface area contributed by atoms with Crippen LogP contribution in [0.25, 0.3) is 12.2 Å². The third kappa shape index (κ3) is 6.39. The van der Waals surface area contributed by atoms with Crippen LogP contribution in [0.5, 0.6) is 28.7 Å². The maximum Gasteiger partial charge on any atom is 0.203 e. The monoisotopic (exact) mass is 482 g/mol. The van der Waals surface area contributed by atoms with E-state index in [9.17, 15) is 0 Å². The van der Waals surface area contributed by atoms with Crippen LogP contribution in [0.3, 0.4) is 0 Å². The molecule has 4 aromatic rings. The third-order valence-corrected chi connectivity index (χ3v) is 5.60. The third-order valence-electron chi connectivity index (χ3n) is 5.60. The second-order valence-corrected chi connectivity index (χ2v) is 8.05. The van der Waals surface area contributed by atoms with E-state index < -0.39 is 0 Å². The second-order valence-electron chi connectivity index (χ2n) is 8.05. The van der Waals surface area contributed by atoms with Crippen molar-refractivity contribution in [1.82, 2.24) is 0 Å². The Kier molecular flexibility index (Phi) is 8.49. The van der Waals surface area contributed by atoms with Crippen LogP contribution >= 0.6 is 0 Å². The summed E-state index contributed by atoms with van der Waals surface area (Å²) in [6.45, 7) is 0.908. The van der Waals surface area contributed by atoms with Crippen molar-refractivity contribution < 1.29 is 23.7 Å². The average Bonchev–Trinajstić information content (AvgIpc) is 2.94. The molecule has 0 amide bonds. The summed E-state index contributed by atoms with van der Waals surface area (Å²) in [4.78, 5) is 0. The molecule has 0 N–H and O–H groups in total. The Hall–Kier alpha value is -4.38. The topological polar surface area (TPSA) is 46.2 Å². The quantitative estimate of drug-likeness (QED) is 0.215. The molecule has 0 aliphatic rings. The molecule has 36 heavy (non-hydrogen) atoms. The Morgan fingerprint density at radius 3 is 1.53 bits per heavy atom. The first-order valence-corrected chi connectivity index (χ1v) is 11.7. The number of benzene rings is 4. The molecular weight excluding hydrogens is 452 g/mol. The normalized spacial score (nSPS) is 10.8. The van der Waals surface area contributed by atoms with E-state index in [1.807, 2.05) is 103 Å². The van der Waals surface area contributed by atoms with Gasteiger partial charge in [0, 0.05) is 0 Å². The van der Waals surface area contributed by atoms with Crippen molar-refractivity contribution >= 4 is 12.2 Å². The van der Waals surface area contributed by atoms with Crippen molar-refractivity contribution in [3.05, 3.63) is 113 Å². The molecule has 5 nitrogen and oxygen atoms in total. The highest BCUT2D eigenvalue weighted by Crippen LogP contribution is 2.39. The summed E-state index contributed by atoms with van der Waals surface area (Å²) < 4.78 is 28.7. The lowest BCUT2D eigenvalue weighted by Crippen LogP contribution is -2.01. The van der Waals surface area contributed by atoms with Gasteiger partial charge in [0.05, 0.1) is 21.3 Å². The van der Waals surface area contributed by atoms with Gasteiger partial charge in [-0.25, -0.2) is 0 Å². The summed E-state index contributed by atoms with van der Waals surface area (Å²) in [6.07, 6.45) is 4.00. The number of rotatable bonds is 11. The molecule has 4 rings (SSSR count). The van der Waals surface area contributed by atoms with Crippen molar-refractivity contribution in [2.24, 2.45) is 0 Å². The van der Waals surface area contributed by atoms with Crippen molar-refractivity contribution in [3.63, 3.8) is 0 Å². The van der Waals surface area contributed by atoms with Gasteiger partial charge in [-0.2, -0.15) is 0 Å². The largest absolute Gasteiger partial charge is 0.493 e. The lowest BCUT2D eigenvalue weighted by molar-refractivity contribution is 0.256. The Morgan fingerprint density at radius 2 is 1.00 bits per heavy atom. The van der Waals surface area contributed by atoms with Gasteiger partial charge in [-0.05, 0) is 46.5 Å². The summed E-state index contributed by atoms with van der Waals surface area (Å²) in [5.74, 6) is 3.15. The fourth-order valence-corrected chi connectivity index (χ4v) is 3.72. The van der Waals surface area contributed by atoms with E-state index in [0.717, 1.165) is 22.3 Å². The summed E-state index contributed by atoms with van der Waals surface area (Å²) in [5.41, 5.74) is 4.07. The highest BCUT2D eigenvalue weighted by atomic mass is 16.5. The molecule has 4 aromatic carbocycles. The second kappa shape index (κ2) is 12.4. The van der Waals surface area contributed by atoms with Gasteiger partial charge >= 0.3 is 0 Å². The fourth-order valence-electron chi connectivity index (χ4n) is 3.72. The Morgan fingerprint density at radius 1 is 0.500 bits per heavy atom. The average molecular weight is 483 g/mol. The van der Waals surface area contributed by atoms with Gasteiger partial charge in [0.15, 0.2) is 23.0 Å². The SMILES string of the molecule is COc1cc(/C=C/c2ccc(OCc3ccccc3)c(OCc3ccccc3)c2)cc(OC)c1OC. The van der Waals surface area contributed by atoms with E-state index in [1.165, 1.54) is 0 Å². The van der Waals surface area contributed by atoms with Crippen molar-refractivity contribution in [2.45, 2.75) is 13.2 Å². The summed E-state index contributed by atoms with van der Waals surface area (Å²) in [5, 5.41) is 0. The molecular formula is C31H30O5. The minimum Gasteiger partial charge on any atom is -0.493 e. The zero-order valence-corrected chi connectivity index (χ0v) is 20.8. The van der Waals surface area contributed by atoms with Crippen molar-refractivity contribution in [1.29, 1.82) is 0 Å². The maximum absolute atomic E-state index is 6.19. The van der Waals surface area contributed by atoms with Gasteiger partial charge in [0.25, 0.3) is 0 Å². The molecule has 0 unspecified atom stereocenters. The fraction of sp³-hybridized carbons (Fsp3) is 0.161. The lowest BCUT2D eigenvalue weighted by Gasteiger charge is -2.14. The zero-order valence-electron chi connectivity index (χ0n) is 20.8. The minimum absolute atomic E-state index is 0.447. The number of ether oxygens (including phenoxy) is 5. The highest BCUT2D eigenvalue weighted by Gasteiger charge is 2.12. The van der Waals surface area contributed by atoms with E-state index in [-0.39, 0.29) is 0 Å². The van der Waals surface area contributed by atoms with Gasteiger partial charge in [0.2, 0.25) is 5.75 Å². The zero-order chi connectivity index (χ0) is 25.2. The van der Waals surface area contributed by atoms with Gasteiger partial charge in [-0.1, -0.05) is 78.9 Å². The highest BCUT2D eigenvalue weighted by molar-refractivity contribution is 5.73. The molecule has 0 aromatic heterocycles. The van der Waals surface area contributed by atoms with E-state index in [2.05, 4.69) is 0 Å². The van der Waals surface area contributed by atoms with Crippen LogP contribution in [0, 0.1) is 0 Å². The summed E-state index contributed by atoms with van der Waals surface area (Å²) in [7, 11) is 4.80. The maximum atomic E-state index is 6.19. The number of methoxy groups -OCH3 is 3. The van der Waals surface area contributed by atoms with Crippen LogP contribution in [0.4, 0.5) is 0 Å². The van der Waals surface area contributed by atoms with Crippen LogP contribution in [0.2, 0.25) is 0 Å². The van der Waals surface area contributed by atoms with E-state index in [1.54, 1.807) is 21.3 Å². The molecule has 0 aliphatic heterocycles. The van der Waals surface area contributed by atoms with Crippen LogP contribution in [0.1, 0.15) is 22.3 Å². The number of hydrogen-bond acceptors (Lipinski definition) is 5. The van der Waals surface area contributed by atoms with Gasteiger partial charge < -0.3 is 23.7 Å². The molecule has 0 aliphatic carbocycles. The lowest BCUT2D eigenvalue weighted by atomic mass is 10.1. The van der Waals surface area contributed by atoms with Gasteiger partial charge in [0.1, 0.15) is 13.2 Å². The molecule has 5 heteroatoms. The smallest absolute Gasteiger partial charge is 0.203 e. The van der Waals surface area contributed by atoms with Crippen molar-refractivity contribution in [3.8, 4) is 28.7 Å². The van der Waals surface area contributed by atoms with E-state index in [0.29, 0.717) is 42.0 Å². The summed E-state index contributed by atoms with van der Waals surface area (Å²) in [6, 6.07) is 29.9. The van der Waals surface area contributed by atoms with Gasteiger partial charge in [-0.3, -0.25) is 0 Å². The van der Waals surface area contributed by atoms with E-state index in [4.69, 9.17) is 23.7 Å². The van der Waals surface area contributed by atoms with Crippen molar-refractivity contribution in [2.75, 3.05) is 21.3 Å². The predicted octanol–water partition coefficient (Wildman–Crippen LogP) is 7.04. The first-order chi connectivity index (χ1) is 17.7. The Bertz CT molecular complexity index is 1260. The molecule has 0 atom stereocenters. The van der Waals surface area contributed by atoms with Crippen LogP contribution < -0.4 is 23.7 Å². The molecule has 0 fully saturated rings. The molecule has 0 bridgehead atoms. The first kappa shape index (κ1) is 24.7.